The molecule has 0 aromatic carbocycles. The molecule has 0 heterocycles. The Morgan fingerprint density at radius 1 is 0.431 bits per heavy atom. The van der Waals surface area contributed by atoms with Crippen molar-refractivity contribution in [3.8, 4) is 0 Å². The first kappa shape index (κ1) is 51.8. The number of aliphatic hydroxyl groups excluding tert-OH is 3. The summed E-state index contributed by atoms with van der Waals surface area (Å²) in [5, 5.41) is 29.1. The third-order valence-electron chi connectivity index (χ3n) is 9.91. The molecule has 0 radical (unpaired) electrons. The highest BCUT2D eigenvalue weighted by molar-refractivity contribution is 5.81. The van der Waals surface area contributed by atoms with Crippen molar-refractivity contribution in [1.82, 2.24) is 0 Å². The highest BCUT2D eigenvalue weighted by Crippen LogP contribution is 2.16. The molecule has 0 aliphatic rings. The smallest absolute Gasteiger partial charge is 0.249 e. The number of carbonyl (C=O) groups excluding carboxylic acids is 2. The SMILES string of the molecule is CCCCCCCCCCCCCCCCCCN.CCCCCCCCCCCCCCCCCCO[C@@H](C(N)=O)[C@@H](O)[C@H](O)[C@H](O)C(N)=O. The zero-order chi connectivity index (χ0) is 38.2. The van der Waals surface area contributed by atoms with Crippen LogP contribution in [-0.2, 0) is 14.3 Å². The maximum absolute atomic E-state index is 11.5. The lowest BCUT2D eigenvalue weighted by Crippen LogP contribution is -2.53. The lowest BCUT2D eigenvalue weighted by molar-refractivity contribution is -0.158. The van der Waals surface area contributed by atoms with E-state index in [-0.39, 0.29) is 6.61 Å². The summed E-state index contributed by atoms with van der Waals surface area (Å²) >= 11 is 0. The monoisotopic (exact) mass is 730 g/mol. The fourth-order valence-corrected chi connectivity index (χ4v) is 6.44. The zero-order valence-corrected chi connectivity index (χ0v) is 33.6. The Hall–Kier alpha value is -1.26. The summed E-state index contributed by atoms with van der Waals surface area (Å²) in [7, 11) is 0. The molecule has 0 fully saturated rings. The zero-order valence-electron chi connectivity index (χ0n) is 33.6. The van der Waals surface area contributed by atoms with Crippen LogP contribution < -0.4 is 17.2 Å². The van der Waals surface area contributed by atoms with Crippen molar-refractivity contribution in [2.75, 3.05) is 13.2 Å². The number of hydrogen-bond acceptors (Lipinski definition) is 7. The molecule has 9 nitrogen and oxygen atoms in total. The Kier molecular flexibility index (Phi) is 42.2. The Morgan fingerprint density at radius 3 is 0.961 bits per heavy atom. The normalized spacial score (nSPS) is 13.7. The summed E-state index contributed by atoms with van der Waals surface area (Å²) in [6, 6.07) is 0. The predicted molar refractivity (Wildman–Crippen MR) is 214 cm³/mol. The van der Waals surface area contributed by atoms with Gasteiger partial charge in [0.15, 0.2) is 12.2 Å². The molecule has 0 aliphatic heterocycles. The van der Waals surface area contributed by atoms with E-state index in [0.717, 1.165) is 25.8 Å². The third kappa shape index (κ3) is 36.9. The summed E-state index contributed by atoms with van der Waals surface area (Å²) in [5.74, 6) is -2.19. The average molecular weight is 730 g/mol. The molecule has 306 valence electrons. The molecule has 0 rings (SSSR count). The number of amides is 2. The third-order valence-corrected chi connectivity index (χ3v) is 9.91. The van der Waals surface area contributed by atoms with Crippen LogP contribution in [0.2, 0.25) is 0 Å². The van der Waals surface area contributed by atoms with E-state index in [9.17, 15) is 24.9 Å². The second-order valence-corrected chi connectivity index (χ2v) is 14.9. The molecule has 51 heavy (non-hydrogen) atoms. The van der Waals surface area contributed by atoms with Gasteiger partial charge >= 0.3 is 0 Å². The van der Waals surface area contributed by atoms with Crippen LogP contribution in [0.15, 0.2) is 0 Å². The molecule has 9 N–H and O–H groups in total. The molecule has 0 unspecified atom stereocenters. The van der Waals surface area contributed by atoms with Gasteiger partial charge in [-0.05, 0) is 19.4 Å². The fraction of sp³-hybridized carbons (Fsp3) is 0.952. The minimum atomic E-state index is -2.01. The van der Waals surface area contributed by atoms with Gasteiger partial charge in [0.1, 0.15) is 12.2 Å². The topological polar surface area (TPSA) is 182 Å². The van der Waals surface area contributed by atoms with Gasteiger partial charge in [0.05, 0.1) is 0 Å². The van der Waals surface area contributed by atoms with Crippen LogP contribution in [0.25, 0.3) is 0 Å². The second kappa shape index (κ2) is 41.5. The second-order valence-electron chi connectivity index (χ2n) is 14.9. The average Bonchev–Trinajstić information content (AvgIpc) is 3.12. The van der Waals surface area contributed by atoms with E-state index in [0.29, 0.717) is 6.42 Å². The van der Waals surface area contributed by atoms with Gasteiger partial charge in [-0.2, -0.15) is 0 Å². The first-order chi connectivity index (χ1) is 24.7. The lowest BCUT2D eigenvalue weighted by Gasteiger charge is -2.26. The van der Waals surface area contributed by atoms with Crippen molar-refractivity contribution in [2.45, 2.75) is 244 Å². The highest BCUT2D eigenvalue weighted by Gasteiger charge is 2.37. The van der Waals surface area contributed by atoms with Gasteiger partial charge in [-0.15, -0.1) is 0 Å². The molecule has 0 aromatic rings. The van der Waals surface area contributed by atoms with Gasteiger partial charge in [-0.3, -0.25) is 9.59 Å². The molecule has 0 bridgehead atoms. The van der Waals surface area contributed by atoms with Crippen molar-refractivity contribution in [1.29, 1.82) is 0 Å². The summed E-state index contributed by atoms with van der Waals surface area (Å²) in [5.41, 5.74) is 15.6. The largest absolute Gasteiger partial charge is 0.387 e. The van der Waals surface area contributed by atoms with Crippen LogP contribution in [0.1, 0.15) is 219 Å². The number of primary amides is 2. The van der Waals surface area contributed by atoms with Gasteiger partial charge in [0.2, 0.25) is 11.8 Å². The lowest BCUT2D eigenvalue weighted by atomic mass is 10.0. The standard InChI is InChI=1S/C24H48N2O6.C18H39N/c1-2-3-4-5-6-7-8-9-10-11-12-13-14-15-16-17-18-32-22(24(26)31)20(28)19(27)21(29)23(25)30;1-2-3-4-5-6-7-8-9-10-11-12-13-14-15-16-17-18-19/h19-22,27-29H,2-18H2,1H3,(H2,25,30)(H2,26,31);2-19H2,1H3/t19-,20-,21-,22+;/m0./s1. The van der Waals surface area contributed by atoms with Crippen LogP contribution in [0.5, 0.6) is 0 Å². The van der Waals surface area contributed by atoms with E-state index >= 15 is 0 Å². The van der Waals surface area contributed by atoms with Gasteiger partial charge in [-0.25, -0.2) is 0 Å². The molecule has 0 saturated carbocycles. The molecular formula is C42H87N3O6. The summed E-state index contributed by atoms with van der Waals surface area (Å²) < 4.78 is 5.29. The number of rotatable bonds is 39. The molecule has 9 heteroatoms. The molecule has 0 aliphatic carbocycles. The maximum atomic E-state index is 11.5. The van der Waals surface area contributed by atoms with Gasteiger partial charge in [-0.1, -0.05) is 206 Å². The van der Waals surface area contributed by atoms with Crippen molar-refractivity contribution in [3.63, 3.8) is 0 Å². The van der Waals surface area contributed by atoms with Crippen LogP contribution in [0, 0.1) is 0 Å². The van der Waals surface area contributed by atoms with E-state index in [1.807, 2.05) is 0 Å². The highest BCUT2D eigenvalue weighted by atomic mass is 16.5. The number of ether oxygens (including phenoxy) is 1. The van der Waals surface area contributed by atoms with E-state index in [2.05, 4.69) is 13.8 Å². The van der Waals surface area contributed by atoms with Crippen molar-refractivity contribution >= 4 is 11.8 Å². The van der Waals surface area contributed by atoms with Gasteiger partial charge < -0.3 is 37.3 Å². The number of aliphatic hydroxyl groups is 3. The molecule has 4 atom stereocenters. The predicted octanol–water partition coefficient (Wildman–Crippen LogP) is 8.89. The quantitative estimate of drug-likeness (QED) is 0.0342. The number of hydrogen-bond donors (Lipinski definition) is 6. The minimum absolute atomic E-state index is 0.183. The molecule has 0 saturated heterocycles. The maximum Gasteiger partial charge on any atom is 0.249 e. The Balaban J connectivity index is 0. The Labute approximate surface area is 315 Å². The molecule has 2 amide bonds. The number of nitrogens with two attached hydrogens (primary N) is 3. The van der Waals surface area contributed by atoms with E-state index in [1.54, 1.807) is 0 Å². The van der Waals surface area contributed by atoms with Gasteiger partial charge in [0.25, 0.3) is 0 Å². The summed E-state index contributed by atoms with van der Waals surface area (Å²) in [6.07, 6.45) is 35.4. The van der Waals surface area contributed by atoms with Crippen molar-refractivity contribution < 1.29 is 29.6 Å². The first-order valence-electron chi connectivity index (χ1n) is 21.7. The van der Waals surface area contributed by atoms with E-state index in [4.69, 9.17) is 21.9 Å². The van der Waals surface area contributed by atoms with Crippen LogP contribution >= 0.6 is 0 Å². The van der Waals surface area contributed by atoms with E-state index in [1.165, 1.54) is 180 Å². The van der Waals surface area contributed by atoms with E-state index < -0.39 is 36.2 Å². The summed E-state index contributed by atoms with van der Waals surface area (Å²) in [4.78, 5) is 22.4. The number of unbranched alkanes of at least 4 members (excludes halogenated alkanes) is 30. The Morgan fingerprint density at radius 2 is 0.706 bits per heavy atom. The van der Waals surface area contributed by atoms with Gasteiger partial charge in [0, 0.05) is 6.61 Å². The minimum Gasteiger partial charge on any atom is -0.387 e. The fourth-order valence-electron chi connectivity index (χ4n) is 6.44. The number of carbonyl (C=O) groups is 2. The van der Waals surface area contributed by atoms with Crippen molar-refractivity contribution in [2.24, 2.45) is 17.2 Å². The van der Waals surface area contributed by atoms with Crippen molar-refractivity contribution in [3.05, 3.63) is 0 Å². The molecular weight excluding hydrogens is 642 g/mol. The molecule has 0 aromatic heterocycles. The Bertz CT molecular complexity index is 713. The van der Waals surface area contributed by atoms with Crippen LogP contribution in [0.4, 0.5) is 0 Å². The first-order valence-corrected chi connectivity index (χ1v) is 21.7. The van der Waals surface area contributed by atoms with Crippen LogP contribution in [-0.4, -0.2) is 64.7 Å². The van der Waals surface area contributed by atoms with Crippen LogP contribution in [0.3, 0.4) is 0 Å². The molecule has 0 spiro atoms. The summed E-state index contributed by atoms with van der Waals surface area (Å²) in [6.45, 7) is 5.60.